The molecule has 1 atom stereocenters. The fourth-order valence-electron chi connectivity index (χ4n) is 4.92. The molecule has 0 radical (unpaired) electrons. The van der Waals surface area contributed by atoms with Gasteiger partial charge in [0.2, 0.25) is 5.91 Å². The highest BCUT2D eigenvalue weighted by molar-refractivity contribution is 7.15. The van der Waals surface area contributed by atoms with Crippen LogP contribution in [0.3, 0.4) is 0 Å². The molecule has 2 heterocycles. The quantitative estimate of drug-likeness (QED) is 0.335. The third-order valence-corrected chi connectivity index (χ3v) is 8.23. The maximum absolute atomic E-state index is 13.2. The molecule has 0 spiro atoms. The molecular weight excluding hydrogens is 486 g/mol. The van der Waals surface area contributed by atoms with Crippen molar-refractivity contribution in [2.75, 3.05) is 26.2 Å². The van der Waals surface area contributed by atoms with E-state index in [1.165, 1.54) is 11.1 Å². The first-order chi connectivity index (χ1) is 17.6. The molecule has 4 aromatic rings. The van der Waals surface area contributed by atoms with Gasteiger partial charge in [0.15, 0.2) is 0 Å². The molecule has 1 amide bonds. The van der Waals surface area contributed by atoms with E-state index >= 15 is 0 Å². The first kappa shape index (κ1) is 24.7. The second-order valence-electron chi connectivity index (χ2n) is 9.14. The van der Waals surface area contributed by atoms with Crippen LogP contribution in [0.15, 0.2) is 97.1 Å². The fourth-order valence-corrected chi connectivity index (χ4v) is 6.32. The topological polar surface area (TPSA) is 49.6 Å². The highest BCUT2D eigenvalue weighted by Gasteiger charge is 2.30. The number of hydrogen-bond donors (Lipinski definition) is 1. The van der Waals surface area contributed by atoms with Gasteiger partial charge in [0, 0.05) is 52.9 Å². The Morgan fingerprint density at radius 2 is 1.39 bits per heavy atom. The molecule has 184 valence electrons. The summed E-state index contributed by atoms with van der Waals surface area (Å²) in [4.78, 5) is 19.8. The zero-order chi connectivity index (χ0) is 24.9. The van der Waals surface area contributed by atoms with Crippen LogP contribution < -0.4 is 5.73 Å². The number of benzene rings is 3. The number of rotatable bonds is 7. The summed E-state index contributed by atoms with van der Waals surface area (Å²) in [6.45, 7) is 2.97. The zero-order valence-corrected chi connectivity index (χ0v) is 21.7. The summed E-state index contributed by atoms with van der Waals surface area (Å²) in [6.07, 6.45) is 0.533. The lowest BCUT2D eigenvalue weighted by molar-refractivity contribution is -0.134. The number of thiophene rings is 1. The van der Waals surface area contributed by atoms with Gasteiger partial charge in [-0.2, -0.15) is 0 Å². The normalized spacial score (nSPS) is 15.2. The number of carbonyl (C=O) groups excluding carboxylic acids is 1. The van der Waals surface area contributed by atoms with Crippen LogP contribution in [0, 0.1) is 0 Å². The van der Waals surface area contributed by atoms with Crippen molar-refractivity contribution in [3.8, 4) is 10.4 Å². The molecule has 1 saturated heterocycles. The SMILES string of the molecule is NC(Cc1ccc(-c2ccccc2Cl)s1)C(=O)N1CCN(C(c2ccccc2)c2ccccc2)CC1. The van der Waals surface area contributed by atoms with Crippen LogP contribution in [0.25, 0.3) is 10.4 Å². The van der Waals surface area contributed by atoms with Gasteiger partial charge in [0.1, 0.15) is 0 Å². The molecule has 1 aliphatic heterocycles. The number of carbonyl (C=O) groups is 1. The van der Waals surface area contributed by atoms with Gasteiger partial charge in [-0.3, -0.25) is 9.69 Å². The van der Waals surface area contributed by atoms with Gasteiger partial charge >= 0.3 is 0 Å². The summed E-state index contributed by atoms with van der Waals surface area (Å²) in [5, 5.41) is 0.730. The smallest absolute Gasteiger partial charge is 0.239 e. The molecule has 1 unspecified atom stereocenters. The van der Waals surface area contributed by atoms with E-state index < -0.39 is 6.04 Å². The maximum atomic E-state index is 13.2. The summed E-state index contributed by atoms with van der Waals surface area (Å²) < 4.78 is 0. The minimum atomic E-state index is -0.548. The third kappa shape index (κ3) is 5.55. The lowest BCUT2D eigenvalue weighted by atomic mass is 9.96. The highest BCUT2D eigenvalue weighted by atomic mass is 35.5. The first-order valence-electron chi connectivity index (χ1n) is 12.3. The molecule has 0 saturated carbocycles. The van der Waals surface area contributed by atoms with Gasteiger partial charge in [-0.15, -0.1) is 11.3 Å². The Labute approximate surface area is 221 Å². The van der Waals surface area contributed by atoms with Crippen LogP contribution in [0.5, 0.6) is 0 Å². The number of halogens is 1. The van der Waals surface area contributed by atoms with Crippen LogP contribution in [-0.2, 0) is 11.2 Å². The molecule has 3 aromatic carbocycles. The van der Waals surface area contributed by atoms with Gasteiger partial charge in [-0.05, 0) is 29.3 Å². The van der Waals surface area contributed by atoms with Gasteiger partial charge < -0.3 is 10.6 Å². The Morgan fingerprint density at radius 1 is 0.806 bits per heavy atom. The minimum Gasteiger partial charge on any atom is -0.339 e. The van der Waals surface area contributed by atoms with Crippen molar-refractivity contribution < 1.29 is 4.79 Å². The van der Waals surface area contributed by atoms with Gasteiger partial charge in [-0.1, -0.05) is 90.5 Å². The Hall–Kier alpha value is -2.96. The van der Waals surface area contributed by atoms with Crippen molar-refractivity contribution in [2.24, 2.45) is 5.73 Å². The van der Waals surface area contributed by atoms with Crippen LogP contribution in [0.4, 0.5) is 0 Å². The Kier molecular flexibility index (Phi) is 7.83. The van der Waals surface area contributed by atoms with Crippen molar-refractivity contribution in [2.45, 2.75) is 18.5 Å². The summed E-state index contributed by atoms with van der Waals surface area (Å²) in [7, 11) is 0. The molecule has 1 fully saturated rings. The van der Waals surface area contributed by atoms with Crippen LogP contribution in [-0.4, -0.2) is 47.9 Å². The van der Waals surface area contributed by atoms with E-state index in [0.29, 0.717) is 19.5 Å². The number of piperazine rings is 1. The molecule has 6 heteroatoms. The number of hydrogen-bond acceptors (Lipinski definition) is 4. The van der Waals surface area contributed by atoms with E-state index in [-0.39, 0.29) is 11.9 Å². The predicted molar refractivity (Wildman–Crippen MR) is 149 cm³/mol. The standard InChI is InChI=1S/C30H30ClN3OS/c31-26-14-8-7-13-25(26)28-16-15-24(36-28)21-27(32)30(35)34-19-17-33(18-20-34)29(22-9-3-1-4-10-22)23-11-5-2-6-12-23/h1-16,27,29H,17-21,32H2. The second-order valence-corrected chi connectivity index (χ2v) is 10.7. The van der Waals surface area contributed by atoms with Crippen molar-refractivity contribution in [3.63, 3.8) is 0 Å². The average Bonchev–Trinajstić information content (AvgIpc) is 3.38. The Bertz CT molecular complexity index is 1250. The Morgan fingerprint density at radius 3 is 2.00 bits per heavy atom. The molecule has 0 bridgehead atoms. The fraction of sp³-hybridized carbons (Fsp3) is 0.233. The molecule has 0 aliphatic carbocycles. The van der Waals surface area contributed by atoms with Crippen molar-refractivity contribution in [3.05, 3.63) is 118 Å². The zero-order valence-electron chi connectivity index (χ0n) is 20.1. The summed E-state index contributed by atoms with van der Waals surface area (Å²) in [6, 6.07) is 32.7. The lowest BCUT2D eigenvalue weighted by Crippen LogP contribution is -2.54. The van der Waals surface area contributed by atoms with E-state index in [0.717, 1.165) is 33.4 Å². The Balaban J connectivity index is 1.22. The number of amides is 1. The summed E-state index contributed by atoms with van der Waals surface area (Å²) >= 11 is 8.00. The molecular formula is C30H30ClN3OS. The minimum absolute atomic E-state index is 0.0262. The molecule has 5 rings (SSSR count). The summed E-state index contributed by atoms with van der Waals surface area (Å²) in [5.41, 5.74) is 9.96. The molecule has 36 heavy (non-hydrogen) atoms. The monoisotopic (exact) mass is 515 g/mol. The van der Waals surface area contributed by atoms with Crippen molar-refractivity contribution in [1.82, 2.24) is 9.80 Å². The maximum Gasteiger partial charge on any atom is 0.239 e. The lowest BCUT2D eigenvalue weighted by Gasteiger charge is -2.40. The van der Waals surface area contributed by atoms with Crippen LogP contribution in [0.2, 0.25) is 5.02 Å². The van der Waals surface area contributed by atoms with Gasteiger partial charge in [0.25, 0.3) is 0 Å². The third-order valence-electron chi connectivity index (χ3n) is 6.76. The molecule has 1 aromatic heterocycles. The van der Waals surface area contributed by atoms with E-state index in [1.54, 1.807) is 11.3 Å². The van der Waals surface area contributed by atoms with Gasteiger partial charge in [0.05, 0.1) is 12.1 Å². The molecule has 1 aliphatic rings. The largest absolute Gasteiger partial charge is 0.339 e. The first-order valence-corrected chi connectivity index (χ1v) is 13.5. The van der Waals surface area contributed by atoms with E-state index in [9.17, 15) is 4.79 Å². The second kappa shape index (κ2) is 11.4. The molecule has 4 nitrogen and oxygen atoms in total. The highest BCUT2D eigenvalue weighted by Crippen LogP contribution is 2.34. The van der Waals surface area contributed by atoms with Crippen LogP contribution >= 0.6 is 22.9 Å². The van der Waals surface area contributed by atoms with Crippen molar-refractivity contribution >= 4 is 28.8 Å². The number of nitrogens with two attached hydrogens (primary N) is 1. The van der Waals surface area contributed by atoms with Crippen LogP contribution in [0.1, 0.15) is 22.0 Å². The van der Waals surface area contributed by atoms with E-state index in [2.05, 4.69) is 77.7 Å². The number of nitrogens with zero attached hydrogens (tertiary/aromatic N) is 2. The van der Waals surface area contributed by atoms with E-state index in [1.807, 2.05) is 29.2 Å². The summed E-state index contributed by atoms with van der Waals surface area (Å²) in [5.74, 6) is 0.0262. The predicted octanol–water partition coefficient (Wildman–Crippen LogP) is 5.87. The van der Waals surface area contributed by atoms with Gasteiger partial charge in [-0.25, -0.2) is 0 Å². The van der Waals surface area contributed by atoms with Crippen molar-refractivity contribution in [1.29, 1.82) is 0 Å². The molecule has 2 N–H and O–H groups in total. The average molecular weight is 516 g/mol. The van der Waals surface area contributed by atoms with E-state index in [4.69, 9.17) is 17.3 Å².